The highest BCUT2D eigenvalue weighted by Gasteiger charge is 2.24. The number of ether oxygens (including phenoxy) is 1. The van der Waals surface area contributed by atoms with Crippen molar-refractivity contribution >= 4 is 23.5 Å². The maximum atomic E-state index is 13.2. The smallest absolute Gasteiger partial charge is 0.307 e. The van der Waals surface area contributed by atoms with Crippen molar-refractivity contribution in [1.82, 2.24) is 4.90 Å². The van der Waals surface area contributed by atoms with E-state index < -0.39 is 0 Å². The molecule has 0 radical (unpaired) electrons. The number of nitrogens with one attached hydrogen (secondary N) is 1. The Kier molecular flexibility index (Phi) is 7.11. The summed E-state index contributed by atoms with van der Waals surface area (Å²) in [6, 6.07) is 16.1. The highest BCUT2D eigenvalue weighted by Crippen LogP contribution is 2.23. The average molecular weight is 368 g/mol. The van der Waals surface area contributed by atoms with Crippen molar-refractivity contribution in [3.63, 3.8) is 0 Å². The first-order chi connectivity index (χ1) is 12.9. The number of anilines is 1. The zero-order chi connectivity index (χ0) is 19.8. The largest absolute Gasteiger partial charge is 0.469 e. The van der Waals surface area contributed by atoms with Gasteiger partial charge in [0, 0.05) is 24.7 Å². The number of methoxy groups -OCH3 is 1. The molecular formula is C21H24N2O4. The summed E-state index contributed by atoms with van der Waals surface area (Å²) < 4.78 is 4.71. The molecule has 0 aliphatic rings. The minimum Gasteiger partial charge on any atom is -0.469 e. The van der Waals surface area contributed by atoms with Gasteiger partial charge in [0.15, 0.2) is 0 Å². The van der Waals surface area contributed by atoms with Crippen molar-refractivity contribution in [1.29, 1.82) is 0 Å². The number of hydrogen-bond acceptors (Lipinski definition) is 4. The molecule has 1 atom stereocenters. The number of hydrogen-bond donors (Lipinski definition) is 1. The molecule has 0 fully saturated rings. The van der Waals surface area contributed by atoms with Crippen LogP contribution in [0.3, 0.4) is 0 Å². The molecule has 0 heterocycles. The van der Waals surface area contributed by atoms with E-state index in [0.717, 1.165) is 5.56 Å². The molecule has 2 aromatic carbocycles. The standard InChI is InChI=1S/C21H24N2O4/c1-15(17-8-5-4-6-9-17)23(13-12-20(25)27-3)21(26)18-10-7-11-19(14-18)22-16(2)24/h4-11,14-15H,12-13H2,1-3H3,(H,22,24). The van der Waals surface area contributed by atoms with Gasteiger partial charge in [0.05, 0.1) is 19.6 Å². The predicted molar refractivity (Wildman–Crippen MR) is 103 cm³/mol. The van der Waals surface area contributed by atoms with Crippen LogP contribution in [-0.4, -0.2) is 36.3 Å². The molecule has 6 nitrogen and oxygen atoms in total. The summed E-state index contributed by atoms with van der Waals surface area (Å²) in [6.07, 6.45) is 0.102. The fourth-order valence-corrected chi connectivity index (χ4v) is 2.80. The number of carbonyl (C=O) groups is 3. The lowest BCUT2D eigenvalue weighted by Crippen LogP contribution is -2.35. The minimum atomic E-state index is -0.375. The fraction of sp³-hybridized carbons (Fsp3) is 0.286. The molecular weight excluding hydrogens is 344 g/mol. The maximum absolute atomic E-state index is 13.2. The van der Waals surface area contributed by atoms with Gasteiger partial charge in [-0.2, -0.15) is 0 Å². The molecule has 0 spiro atoms. The third kappa shape index (κ3) is 5.67. The number of nitrogens with zero attached hydrogens (tertiary/aromatic N) is 1. The van der Waals surface area contributed by atoms with Gasteiger partial charge in [-0.25, -0.2) is 0 Å². The molecule has 6 heteroatoms. The molecule has 0 aliphatic carbocycles. The molecule has 1 unspecified atom stereocenters. The maximum Gasteiger partial charge on any atom is 0.307 e. The Bertz CT molecular complexity index is 805. The Balaban J connectivity index is 2.30. The van der Waals surface area contributed by atoms with Gasteiger partial charge in [-0.05, 0) is 30.7 Å². The molecule has 0 bridgehead atoms. The van der Waals surface area contributed by atoms with E-state index in [0.29, 0.717) is 11.3 Å². The second-order valence-corrected chi connectivity index (χ2v) is 6.17. The Morgan fingerprint density at radius 1 is 1.07 bits per heavy atom. The van der Waals surface area contributed by atoms with Crippen LogP contribution in [-0.2, 0) is 14.3 Å². The van der Waals surface area contributed by atoms with Crippen LogP contribution < -0.4 is 5.32 Å². The van der Waals surface area contributed by atoms with Crippen molar-refractivity contribution < 1.29 is 19.1 Å². The lowest BCUT2D eigenvalue weighted by molar-refractivity contribution is -0.140. The van der Waals surface area contributed by atoms with E-state index in [2.05, 4.69) is 5.32 Å². The molecule has 0 aliphatic heterocycles. The molecule has 2 aromatic rings. The number of esters is 1. The summed E-state index contributed by atoms with van der Waals surface area (Å²) in [5.41, 5.74) is 1.95. The van der Waals surface area contributed by atoms with Gasteiger partial charge in [0.1, 0.15) is 0 Å². The zero-order valence-electron chi connectivity index (χ0n) is 15.8. The average Bonchev–Trinajstić information content (AvgIpc) is 2.67. The minimum absolute atomic E-state index is 0.102. The molecule has 1 N–H and O–H groups in total. The van der Waals surface area contributed by atoms with Crippen LogP contribution in [0.5, 0.6) is 0 Å². The summed E-state index contributed by atoms with van der Waals surface area (Å²) in [5.74, 6) is -0.803. The van der Waals surface area contributed by atoms with Gasteiger partial charge in [-0.3, -0.25) is 14.4 Å². The van der Waals surface area contributed by atoms with Gasteiger partial charge in [-0.1, -0.05) is 36.4 Å². The molecule has 27 heavy (non-hydrogen) atoms. The van der Waals surface area contributed by atoms with Gasteiger partial charge in [0.2, 0.25) is 5.91 Å². The summed E-state index contributed by atoms with van der Waals surface area (Å²) in [5, 5.41) is 2.68. The van der Waals surface area contributed by atoms with E-state index in [1.807, 2.05) is 37.3 Å². The summed E-state index contributed by atoms with van der Waals surface area (Å²) in [4.78, 5) is 37.7. The lowest BCUT2D eigenvalue weighted by atomic mass is 10.0. The van der Waals surface area contributed by atoms with Gasteiger partial charge >= 0.3 is 5.97 Å². The number of benzene rings is 2. The van der Waals surface area contributed by atoms with Crippen molar-refractivity contribution in [2.45, 2.75) is 26.3 Å². The van der Waals surface area contributed by atoms with Crippen LogP contribution in [0.1, 0.15) is 42.2 Å². The van der Waals surface area contributed by atoms with Crippen LogP contribution in [0.2, 0.25) is 0 Å². The van der Waals surface area contributed by atoms with Crippen molar-refractivity contribution in [2.75, 3.05) is 19.0 Å². The second-order valence-electron chi connectivity index (χ2n) is 6.17. The predicted octanol–water partition coefficient (Wildman–Crippen LogP) is 3.41. The topological polar surface area (TPSA) is 75.7 Å². The summed E-state index contributed by atoms with van der Waals surface area (Å²) >= 11 is 0. The van der Waals surface area contributed by atoms with Gasteiger partial charge in [-0.15, -0.1) is 0 Å². The summed E-state index contributed by atoms with van der Waals surface area (Å²) in [6.45, 7) is 3.56. The Morgan fingerprint density at radius 2 is 1.78 bits per heavy atom. The Hall–Kier alpha value is -3.15. The molecule has 0 saturated heterocycles. The Morgan fingerprint density at radius 3 is 2.41 bits per heavy atom. The number of rotatable bonds is 7. The first-order valence-corrected chi connectivity index (χ1v) is 8.72. The molecule has 142 valence electrons. The molecule has 0 saturated carbocycles. The van der Waals surface area contributed by atoms with Crippen LogP contribution >= 0.6 is 0 Å². The highest BCUT2D eigenvalue weighted by atomic mass is 16.5. The van der Waals surface area contributed by atoms with Crippen molar-refractivity contribution in [2.24, 2.45) is 0 Å². The zero-order valence-corrected chi connectivity index (χ0v) is 15.8. The first kappa shape index (κ1) is 20.2. The Labute approximate surface area is 159 Å². The van der Waals surface area contributed by atoms with Gasteiger partial charge < -0.3 is 15.0 Å². The molecule has 0 aromatic heterocycles. The molecule has 2 amide bonds. The van der Waals surface area contributed by atoms with E-state index in [9.17, 15) is 14.4 Å². The van der Waals surface area contributed by atoms with E-state index in [1.165, 1.54) is 14.0 Å². The molecule has 2 rings (SSSR count). The normalized spacial score (nSPS) is 11.4. The SMILES string of the molecule is COC(=O)CCN(C(=O)c1cccc(NC(C)=O)c1)C(C)c1ccccc1. The first-order valence-electron chi connectivity index (χ1n) is 8.72. The van der Waals surface area contributed by atoms with Crippen molar-refractivity contribution in [3.8, 4) is 0 Å². The monoisotopic (exact) mass is 368 g/mol. The van der Waals surface area contributed by atoms with Crippen molar-refractivity contribution in [3.05, 3.63) is 65.7 Å². The van der Waals surface area contributed by atoms with E-state index >= 15 is 0 Å². The van der Waals surface area contributed by atoms with E-state index in [-0.39, 0.29) is 36.8 Å². The van der Waals surface area contributed by atoms with Crippen LogP contribution in [0, 0.1) is 0 Å². The quantitative estimate of drug-likeness (QED) is 0.760. The third-order valence-corrected chi connectivity index (χ3v) is 4.22. The van der Waals surface area contributed by atoms with Gasteiger partial charge in [0.25, 0.3) is 5.91 Å². The van der Waals surface area contributed by atoms with E-state index in [1.54, 1.807) is 29.2 Å². The summed E-state index contributed by atoms with van der Waals surface area (Å²) in [7, 11) is 1.33. The number of carbonyl (C=O) groups excluding carboxylic acids is 3. The van der Waals surface area contributed by atoms with Crippen LogP contribution in [0.25, 0.3) is 0 Å². The number of amides is 2. The van der Waals surface area contributed by atoms with Crippen LogP contribution in [0.4, 0.5) is 5.69 Å². The van der Waals surface area contributed by atoms with E-state index in [4.69, 9.17) is 4.74 Å². The second kappa shape index (κ2) is 9.52. The third-order valence-electron chi connectivity index (χ3n) is 4.22. The highest BCUT2D eigenvalue weighted by molar-refractivity contribution is 5.97. The lowest BCUT2D eigenvalue weighted by Gasteiger charge is -2.29. The van der Waals surface area contributed by atoms with Crippen LogP contribution in [0.15, 0.2) is 54.6 Å². The fourth-order valence-electron chi connectivity index (χ4n) is 2.80.